The normalized spacial score (nSPS) is 30.4. The first-order valence-corrected chi connectivity index (χ1v) is 6.47. The highest BCUT2D eigenvalue weighted by Gasteiger charge is 2.52. The topological polar surface area (TPSA) is 83.9 Å². The minimum Gasteiger partial charge on any atom is -0.481 e. The van der Waals surface area contributed by atoms with Gasteiger partial charge in [0.25, 0.3) is 0 Å². The zero-order valence-electron chi connectivity index (χ0n) is 11.4. The van der Waals surface area contributed by atoms with Crippen LogP contribution >= 0.6 is 0 Å². The van der Waals surface area contributed by atoms with Gasteiger partial charge in [-0.3, -0.25) is 9.59 Å². The lowest BCUT2D eigenvalue weighted by Gasteiger charge is -2.27. The van der Waals surface area contributed by atoms with Gasteiger partial charge in [-0.1, -0.05) is 0 Å². The maximum absolute atomic E-state index is 12.1. The summed E-state index contributed by atoms with van der Waals surface area (Å²) in [4.78, 5) is 36.5. The van der Waals surface area contributed by atoms with Crippen molar-refractivity contribution in [2.75, 3.05) is 0 Å². The van der Waals surface area contributed by atoms with E-state index in [1.165, 1.54) is 4.90 Å². The smallest absolute Gasteiger partial charge is 0.329 e. The second-order valence-electron chi connectivity index (χ2n) is 6.14. The third-order valence-corrected chi connectivity index (χ3v) is 3.57. The number of ether oxygens (including phenoxy) is 1. The van der Waals surface area contributed by atoms with Gasteiger partial charge in [-0.25, -0.2) is 4.79 Å². The summed E-state index contributed by atoms with van der Waals surface area (Å²) in [7, 11) is 0. The molecule has 3 atom stereocenters. The highest BCUT2D eigenvalue weighted by Crippen LogP contribution is 2.38. The molecule has 2 heterocycles. The van der Waals surface area contributed by atoms with Crippen molar-refractivity contribution in [3.63, 3.8) is 0 Å². The maximum Gasteiger partial charge on any atom is 0.329 e. The number of rotatable bonds is 2. The Morgan fingerprint density at radius 3 is 2.47 bits per heavy atom. The van der Waals surface area contributed by atoms with E-state index in [-0.39, 0.29) is 18.4 Å². The van der Waals surface area contributed by atoms with E-state index in [4.69, 9.17) is 9.84 Å². The Balaban J connectivity index is 2.13. The average Bonchev–Trinajstić information content (AvgIpc) is 2.77. The van der Waals surface area contributed by atoms with Gasteiger partial charge in [-0.15, -0.1) is 0 Å². The Morgan fingerprint density at radius 2 is 1.95 bits per heavy atom. The van der Waals surface area contributed by atoms with Gasteiger partial charge in [0.15, 0.2) is 0 Å². The lowest BCUT2D eigenvalue weighted by molar-refractivity contribution is -0.163. The lowest BCUT2D eigenvalue weighted by atomic mass is 9.98. The van der Waals surface area contributed by atoms with E-state index in [2.05, 4.69) is 0 Å². The molecule has 2 fully saturated rings. The number of esters is 1. The molecule has 0 spiro atoms. The number of hydrogen-bond donors (Lipinski definition) is 1. The summed E-state index contributed by atoms with van der Waals surface area (Å²) in [5.74, 6) is -2.36. The molecule has 0 aromatic carbocycles. The van der Waals surface area contributed by atoms with Crippen LogP contribution in [0, 0.1) is 5.92 Å². The van der Waals surface area contributed by atoms with E-state index in [9.17, 15) is 14.4 Å². The summed E-state index contributed by atoms with van der Waals surface area (Å²) in [5.41, 5.74) is -0.607. The number of fused-ring (bicyclic) bond motifs is 1. The van der Waals surface area contributed by atoms with E-state index in [1.54, 1.807) is 20.8 Å². The SMILES string of the molecule is CC(C)(C)OC(=O)[C@@H]1CC[C@H]2C(C(=O)O)CC(=O)N12. The van der Waals surface area contributed by atoms with Gasteiger partial charge in [0, 0.05) is 12.5 Å². The summed E-state index contributed by atoms with van der Waals surface area (Å²) >= 11 is 0. The van der Waals surface area contributed by atoms with Gasteiger partial charge in [-0.2, -0.15) is 0 Å². The molecule has 1 unspecified atom stereocenters. The van der Waals surface area contributed by atoms with Crippen molar-refractivity contribution >= 4 is 17.8 Å². The summed E-state index contributed by atoms with van der Waals surface area (Å²) in [6.07, 6.45) is 1.01. The van der Waals surface area contributed by atoms with E-state index in [0.29, 0.717) is 12.8 Å². The summed E-state index contributed by atoms with van der Waals surface area (Å²) < 4.78 is 5.29. The van der Waals surface area contributed by atoms with Crippen molar-refractivity contribution < 1.29 is 24.2 Å². The van der Waals surface area contributed by atoms with Gasteiger partial charge < -0.3 is 14.7 Å². The fraction of sp³-hybridized carbons (Fsp3) is 0.769. The third-order valence-electron chi connectivity index (χ3n) is 3.57. The van der Waals surface area contributed by atoms with Crippen LogP contribution < -0.4 is 0 Å². The van der Waals surface area contributed by atoms with Crippen LogP contribution in [0.2, 0.25) is 0 Å². The van der Waals surface area contributed by atoms with E-state index in [1.807, 2.05) is 0 Å². The Bertz CT molecular complexity index is 425. The van der Waals surface area contributed by atoms with Crippen molar-refractivity contribution in [3.05, 3.63) is 0 Å². The predicted octanol–water partition coefficient (Wildman–Crippen LogP) is 0.792. The molecule has 19 heavy (non-hydrogen) atoms. The van der Waals surface area contributed by atoms with Gasteiger partial charge in [0.2, 0.25) is 5.91 Å². The standard InChI is InChI=1S/C13H19NO5/c1-13(2,3)19-12(18)9-5-4-8-7(11(16)17)6-10(15)14(8)9/h7-9H,4-6H2,1-3H3,(H,16,17)/t7?,8-,9-/m0/s1. The van der Waals surface area contributed by atoms with Crippen LogP contribution in [0.15, 0.2) is 0 Å². The molecule has 6 heteroatoms. The fourth-order valence-electron chi connectivity index (χ4n) is 2.87. The Kier molecular flexibility index (Phi) is 3.28. The fourth-order valence-corrected chi connectivity index (χ4v) is 2.87. The molecule has 0 radical (unpaired) electrons. The van der Waals surface area contributed by atoms with Gasteiger partial charge in [-0.05, 0) is 33.6 Å². The molecule has 1 amide bonds. The quantitative estimate of drug-likeness (QED) is 0.749. The zero-order chi connectivity index (χ0) is 14.4. The first-order valence-electron chi connectivity index (χ1n) is 6.47. The van der Waals surface area contributed by atoms with Crippen molar-refractivity contribution in [1.82, 2.24) is 4.90 Å². The van der Waals surface area contributed by atoms with Crippen molar-refractivity contribution in [3.8, 4) is 0 Å². The predicted molar refractivity (Wildman–Crippen MR) is 65.2 cm³/mol. The molecule has 2 aliphatic rings. The third kappa shape index (κ3) is 2.57. The Labute approximate surface area is 111 Å². The molecule has 106 valence electrons. The Hall–Kier alpha value is -1.59. The van der Waals surface area contributed by atoms with E-state index in [0.717, 1.165) is 0 Å². The molecule has 0 aliphatic carbocycles. The molecule has 6 nitrogen and oxygen atoms in total. The monoisotopic (exact) mass is 269 g/mol. The Morgan fingerprint density at radius 1 is 1.32 bits per heavy atom. The van der Waals surface area contributed by atoms with E-state index >= 15 is 0 Å². The van der Waals surface area contributed by atoms with Crippen LogP contribution in [-0.2, 0) is 19.1 Å². The van der Waals surface area contributed by atoms with Gasteiger partial charge in [0.05, 0.1) is 5.92 Å². The number of aliphatic carboxylic acids is 1. The molecular formula is C13H19NO5. The molecule has 0 aromatic heterocycles. The van der Waals surface area contributed by atoms with Gasteiger partial charge in [0.1, 0.15) is 11.6 Å². The second kappa shape index (κ2) is 4.51. The molecule has 0 bridgehead atoms. The number of carbonyl (C=O) groups excluding carboxylic acids is 2. The molecule has 1 N–H and O–H groups in total. The first-order chi connectivity index (χ1) is 8.70. The summed E-state index contributed by atoms with van der Waals surface area (Å²) in [6, 6.07) is -0.983. The van der Waals surface area contributed by atoms with Crippen LogP contribution in [-0.4, -0.2) is 45.5 Å². The van der Waals surface area contributed by atoms with Crippen LogP contribution in [0.3, 0.4) is 0 Å². The molecule has 2 rings (SSSR count). The molecule has 2 saturated heterocycles. The first kappa shape index (κ1) is 13.8. The average molecular weight is 269 g/mol. The number of carboxylic acid groups (broad SMARTS) is 1. The van der Waals surface area contributed by atoms with Crippen LogP contribution in [0.5, 0.6) is 0 Å². The highest BCUT2D eigenvalue weighted by molar-refractivity contribution is 5.91. The minimum absolute atomic E-state index is 0.0146. The zero-order valence-corrected chi connectivity index (χ0v) is 11.4. The molecule has 0 aromatic rings. The maximum atomic E-state index is 12.1. The van der Waals surface area contributed by atoms with Crippen LogP contribution in [0.25, 0.3) is 0 Å². The largest absolute Gasteiger partial charge is 0.481 e. The highest BCUT2D eigenvalue weighted by atomic mass is 16.6. The van der Waals surface area contributed by atoms with E-state index < -0.39 is 29.5 Å². The second-order valence-corrected chi connectivity index (χ2v) is 6.14. The lowest BCUT2D eigenvalue weighted by Crippen LogP contribution is -2.44. The number of amides is 1. The van der Waals surface area contributed by atoms with Gasteiger partial charge >= 0.3 is 11.9 Å². The number of hydrogen-bond acceptors (Lipinski definition) is 4. The van der Waals surface area contributed by atoms with Crippen molar-refractivity contribution in [2.24, 2.45) is 5.92 Å². The van der Waals surface area contributed by atoms with Crippen LogP contribution in [0.4, 0.5) is 0 Å². The molecular weight excluding hydrogens is 250 g/mol. The number of nitrogens with zero attached hydrogens (tertiary/aromatic N) is 1. The molecule has 2 aliphatic heterocycles. The number of carboxylic acids is 1. The molecule has 0 saturated carbocycles. The van der Waals surface area contributed by atoms with Crippen molar-refractivity contribution in [1.29, 1.82) is 0 Å². The number of carbonyl (C=O) groups is 3. The summed E-state index contributed by atoms with van der Waals surface area (Å²) in [6.45, 7) is 5.30. The van der Waals surface area contributed by atoms with Crippen molar-refractivity contribution in [2.45, 2.75) is 57.7 Å². The summed E-state index contributed by atoms with van der Waals surface area (Å²) in [5, 5.41) is 9.09. The minimum atomic E-state index is -0.967. The van der Waals surface area contributed by atoms with Crippen LogP contribution in [0.1, 0.15) is 40.0 Å².